The molecule has 1 unspecified atom stereocenters. The Morgan fingerprint density at radius 3 is 2.47 bits per heavy atom. The molecule has 36 heavy (non-hydrogen) atoms. The topological polar surface area (TPSA) is 95.1 Å². The van der Waals surface area contributed by atoms with Crippen molar-refractivity contribution in [3.8, 4) is 17.6 Å². The fourth-order valence-corrected chi connectivity index (χ4v) is 5.62. The third-order valence-electron chi connectivity index (χ3n) is 8.13. The third-order valence-corrected chi connectivity index (χ3v) is 8.13. The van der Waals surface area contributed by atoms with E-state index in [9.17, 15) is 10.2 Å². The maximum Gasteiger partial charge on any atom is 0.160 e. The number of aliphatic hydroxyl groups excluding tert-OH is 1. The summed E-state index contributed by atoms with van der Waals surface area (Å²) in [5, 5.41) is 34.5. The number of aromatic hydroxyl groups is 1. The number of aliphatic hydroxyl groups is 1. The van der Waals surface area contributed by atoms with Crippen LogP contribution in [0.2, 0.25) is 0 Å². The minimum Gasteiger partial charge on any atom is -0.504 e. The van der Waals surface area contributed by atoms with Gasteiger partial charge in [0, 0.05) is 5.56 Å². The van der Waals surface area contributed by atoms with Crippen molar-refractivity contribution >= 4 is 5.71 Å². The molecule has 2 aliphatic carbocycles. The molecule has 4 rings (SSSR count). The van der Waals surface area contributed by atoms with Crippen molar-refractivity contribution in [2.45, 2.75) is 79.9 Å². The first kappa shape index (κ1) is 29.2. The molecule has 2 aliphatic rings. The fraction of sp³-hybridized carbons (Fsp3) is 0.533. The standard InChI is InChI=1S/C27H32N2O4.C2H6.CH4/c1-16-21-11-24(29-33-15-19-7-5-18(14-28)6-8-19)23-12-25(31)26(32-4)13-22(23)20(21)9-10-27(16,3)17(2)30;1-2;/h5-8,12-13,16-17,20-21,30-31H,9-11,15H2,1-4H3;1-2H3;1H4/b29-24+;;/t16?,17-,20-,21-,27-;;/m0../s1. The largest absolute Gasteiger partial charge is 0.504 e. The molecule has 6 heteroatoms. The van der Waals surface area contributed by atoms with Crippen LogP contribution in [0, 0.1) is 28.6 Å². The number of phenolic OH excluding ortho intramolecular Hbond substituents is 1. The van der Waals surface area contributed by atoms with E-state index in [0.29, 0.717) is 29.8 Å². The van der Waals surface area contributed by atoms with E-state index in [1.807, 2.05) is 39.0 Å². The van der Waals surface area contributed by atoms with Gasteiger partial charge in [-0.05, 0) is 84.7 Å². The quantitative estimate of drug-likeness (QED) is 0.447. The van der Waals surface area contributed by atoms with Gasteiger partial charge in [-0.2, -0.15) is 5.26 Å². The molecule has 196 valence electrons. The van der Waals surface area contributed by atoms with Crippen molar-refractivity contribution in [2.24, 2.45) is 22.4 Å². The Morgan fingerprint density at radius 1 is 1.22 bits per heavy atom. The lowest BCUT2D eigenvalue weighted by Gasteiger charge is -2.52. The molecule has 5 atom stereocenters. The van der Waals surface area contributed by atoms with Crippen LogP contribution in [0.15, 0.2) is 41.6 Å². The van der Waals surface area contributed by atoms with E-state index in [4.69, 9.17) is 14.8 Å². The third kappa shape index (κ3) is 5.52. The van der Waals surface area contributed by atoms with Crippen LogP contribution in [-0.2, 0) is 11.4 Å². The molecule has 0 aromatic heterocycles. The Balaban J connectivity index is 0.00000148. The zero-order valence-corrected chi connectivity index (χ0v) is 21.7. The molecule has 6 nitrogen and oxygen atoms in total. The first-order valence-electron chi connectivity index (χ1n) is 12.6. The predicted molar refractivity (Wildman–Crippen MR) is 144 cm³/mol. The average molecular weight is 495 g/mol. The Bertz CT molecular complexity index is 1090. The van der Waals surface area contributed by atoms with Crippen molar-refractivity contribution < 1.29 is 19.8 Å². The van der Waals surface area contributed by atoms with Crippen LogP contribution in [0.5, 0.6) is 11.5 Å². The van der Waals surface area contributed by atoms with Gasteiger partial charge in [0.2, 0.25) is 0 Å². The van der Waals surface area contributed by atoms with Crippen molar-refractivity contribution in [3.63, 3.8) is 0 Å². The lowest BCUT2D eigenvalue weighted by Crippen LogP contribution is -2.47. The predicted octanol–water partition coefficient (Wildman–Crippen LogP) is 6.78. The van der Waals surface area contributed by atoms with Gasteiger partial charge >= 0.3 is 0 Å². The Labute approximate surface area is 216 Å². The Hall–Kier alpha value is -3.04. The highest BCUT2D eigenvalue weighted by Crippen LogP contribution is 2.56. The molecule has 0 saturated heterocycles. The van der Waals surface area contributed by atoms with Crippen LogP contribution in [0.25, 0.3) is 0 Å². The minimum absolute atomic E-state index is 0. The molecule has 0 heterocycles. The molecule has 0 amide bonds. The number of fused-ring (bicyclic) bond motifs is 3. The minimum atomic E-state index is -0.391. The molecule has 2 aromatic carbocycles. The summed E-state index contributed by atoms with van der Waals surface area (Å²) in [5.74, 6) is 1.45. The van der Waals surface area contributed by atoms with Gasteiger partial charge in [-0.15, -0.1) is 0 Å². The van der Waals surface area contributed by atoms with Crippen LogP contribution < -0.4 is 4.74 Å². The van der Waals surface area contributed by atoms with E-state index in [1.54, 1.807) is 25.3 Å². The van der Waals surface area contributed by atoms with Crippen molar-refractivity contribution in [1.29, 1.82) is 5.26 Å². The SMILES string of the molecule is C.CC.COc1cc2c(cc1O)/C(=N/OCc1ccc(C#N)cc1)C[C@H]1C(C)[C@@](C)([C@H](C)O)CC[C@H]21. The lowest BCUT2D eigenvalue weighted by molar-refractivity contribution is -0.0477. The number of nitriles is 1. The van der Waals surface area contributed by atoms with E-state index in [0.717, 1.165) is 41.7 Å². The molecule has 1 saturated carbocycles. The van der Waals surface area contributed by atoms with Gasteiger partial charge in [-0.3, -0.25) is 0 Å². The van der Waals surface area contributed by atoms with Crippen LogP contribution in [0.3, 0.4) is 0 Å². The lowest BCUT2D eigenvalue weighted by atomic mass is 9.53. The average Bonchev–Trinajstić information content (AvgIpc) is 2.87. The van der Waals surface area contributed by atoms with Crippen molar-refractivity contribution in [2.75, 3.05) is 7.11 Å². The molecule has 2 aromatic rings. The molecule has 2 N–H and O–H groups in total. The number of hydrogen-bond acceptors (Lipinski definition) is 6. The number of nitrogens with zero attached hydrogens (tertiary/aromatic N) is 2. The van der Waals surface area contributed by atoms with Crippen LogP contribution >= 0.6 is 0 Å². The monoisotopic (exact) mass is 494 g/mol. The second-order valence-corrected chi connectivity index (χ2v) is 9.72. The maximum atomic E-state index is 10.6. The molecule has 0 radical (unpaired) electrons. The van der Waals surface area contributed by atoms with E-state index < -0.39 is 6.10 Å². The second kappa shape index (κ2) is 12.3. The number of methoxy groups -OCH3 is 1. The van der Waals surface area contributed by atoms with E-state index >= 15 is 0 Å². The molecular weight excluding hydrogens is 452 g/mol. The van der Waals surface area contributed by atoms with Crippen molar-refractivity contribution in [1.82, 2.24) is 0 Å². The van der Waals surface area contributed by atoms with Gasteiger partial charge in [-0.1, -0.05) is 52.4 Å². The maximum absolute atomic E-state index is 10.6. The molecule has 1 fully saturated rings. The van der Waals surface area contributed by atoms with Gasteiger partial charge in [0.25, 0.3) is 0 Å². The van der Waals surface area contributed by atoms with E-state index in [2.05, 4.69) is 25.1 Å². The smallest absolute Gasteiger partial charge is 0.160 e. The number of hydrogen-bond donors (Lipinski definition) is 2. The summed E-state index contributed by atoms with van der Waals surface area (Å²) in [6, 6.07) is 13.0. The summed E-state index contributed by atoms with van der Waals surface area (Å²) >= 11 is 0. The van der Waals surface area contributed by atoms with Gasteiger partial charge in [0.05, 0.1) is 30.6 Å². The molecule has 0 spiro atoms. The Morgan fingerprint density at radius 2 is 1.89 bits per heavy atom. The number of oxime groups is 1. The number of rotatable bonds is 5. The van der Waals surface area contributed by atoms with Gasteiger partial charge in [0.1, 0.15) is 6.61 Å². The summed E-state index contributed by atoms with van der Waals surface area (Å²) in [7, 11) is 1.56. The Kier molecular flexibility index (Phi) is 9.95. The van der Waals surface area contributed by atoms with Crippen LogP contribution in [0.1, 0.15) is 89.5 Å². The van der Waals surface area contributed by atoms with Crippen LogP contribution in [0.4, 0.5) is 0 Å². The summed E-state index contributed by atoms with van der Waals surface area (Å²) in [6.07, 6.45) is 2.24. The summed E-state index contributed by atoms with van der Waals surface area (Å²) in [4.78, 5) is 5.74. The number of ether oxygens (including phenoxy) is 1. The normalized spacial score (nSPS) is 26.2. The van der Waals surface area contributed by atoms with Crippen molar-refractivity contribution in [3.05, 3.63) is 58.7 Å². The van der Waals surface area contributed by atoms with Gasteiger partial charge in [0.15, 0.2) is 11.5 Å². The van der Waals surface area contributed by atoms with E-state index in [1.165, 1.54) is 0 Å². The molecule has 0 bridgehead atoms. The van der Waals surface area contributed by atoms with E-state index in [-0.39, 0.29) is 24.5 Å². The summed E-state index contributed by atoms with van der Waals surface area (Å²) in [6.45, 7) is 10.6. The first-order chi connectivity index (χ1) is 16.8. The zero-order chi connectivity index (χ0) is 25.8. The summed E-state index contributed by atoms with van der Waals surface area (Å²) in [5.41, 5.74) is 4.21. The second-order valence-electron chi connectivity index (χ2n) is 9.72. The van der Waals surface area contributed by atoms with Gasteiger partial charge in [-0.25, -0.2) is 0 Å². The highest BCUT2D eigenvalue weighted by atomic mass is 16.6. The summed E-state index contributed by atoms with van der Waals surface area (Å²) < 4.78 is 5.41. The van der Waals surface area contributed by atoms with Crippen LogP contribution in [-0.4, -0.2) is 29.1 Å². The van der Waals surface area contributed by atoms with Gasteiger partial charge < -0.3 is 19.8 Å². The fourth-order valence-electron chi connectivity index (χ4n) is 5.62. The molecule has 0 aliphatic heterocycles. The number of phenols is 1. The highest BCUT2D eigenvalue weighted by molar-refractivity contribution is 6.03. The molecular formula is C30H42N2O4. The number of benzene rings is 2. The zero-order valence-electron chi connectivity index (χ0n) is 21.7. The highest BCUT2D eigenvalue weighted by Gasteiger charge is 2.49. The first-order valence-corrected chi connectivity index (χ1v) is 12.6.